The summed E-state index contributed by atoms with van der Waals surface area (Å²) in [5.74, 6) is -0.979. The molecule has 19 heavy (non-hydrogen) atoms. The summed E-state index contributed by atoms with van der Waals surface area (Å²) in [6.07, 6.45) is 0.888. The van der Waals surface area contributed by atoms with E-state index in [1.54, 1.807) is 17.0 Å². The third-order valence-corrected chi connectivity index (χ3v) is 3.11. The zero-order valence-electron chi connectivity index (χ0n) is 11.5. The highest BCUT2D eigenvalue weighted by Crippen LogP contribution is 2.12. The maximum absolute atomic E-state index is 12.1. The average Bonchev–Trinajstić information content (AvgIpc) is 2.39. The Morgan fingerprint density at radius 2 is 1.84 bits per heavy atom. The van der Waals surface area contributed by atoms with Crippen LogP contribution < -0.4 is 5.32 Å². The number of hydrogen-bond acceptors (Lipinski definition) is 2. The Hall–Kier alpha value is -2.04. The maximum atomic E-state index is 12.1. The topological polar surface area (TPSA) is 69.6 Å². The molecule has 2 N–H and O–H groups in total. The Morgan fingerprint density at radius 3 is 2.26 bits per heavy atom. The number of anilines is 1. The highest BCUT2D eigenvalue weighted by molar-refractivity contribution is 5.91. The van der Waals surface area contributed by atoms with Crippen molar-refractivity contribution < 1.29 is 14.7 Å². The van der Waals surface area contributed by atoms with Crippen molar-refractivity contribution in [2.45, 2.75) is 33.2 Å². The fourth-order valence-corrected chi connectivity index (χ4v) is 1.77. The van der Waals surface area contributed by atoms with Gasteiger partial charge in [0.15, 0.2) is 0 Å². The fraction of sp³-hybridized carbons (Fsp3) is 0.429. The summed E-state index contributed by atoms with van der Waals surface area (Å²) in [6.45, 7) is 6.59. The van der Waals surface area contributed by atoms with Crippen molar-refractivity contribution in [3.8, 4) is 0 Å². The number of hydrogen-bond donors (Lipinski definition) is 2. The maximum Gasteiger partial charge on any atom is 0.335 e. The zero-order valence-corrected chi connectivity index (χ0v) is 11.5. The van der Waals surface area contributed by atoms with Crippen LogP contribution in [0.1, 0.15) is 37.6 Å². The van der Waals surface area contributed by atoms with E-state index >= 15 is 0 Å². The van der Waals surface area contributed by atoms with E-state index in [1.165, 1.54) is 12.1 Å². The molecule has 0 aliphatic carbocycles. The van der Waals surface area contributed by atoms with Gasteiger partial charge >= 0.3 is 12.0 Å². The molecule has 0 spiro atoms. The SMILES string of the molecule is CCC(C)N(CC)C(=O)Nc1ccc(C(=O)O)cc1. The molecular weight excluding hydrogens is 244 g/mol. The first kappa shape index (κ1) is 15.0. The van der Waals surface area contributed by atoms with Gasteiger partial charge in [-0.05, 0) is 44.5 Å². The molecule has 0 bridgehead atoms. The second-order valence-electron chi connectivity index (χ2n) is 4.36. The van der Waals surface area contributed by atoms with E-state index in [1.807, 2.05) is 20.8 Å². The minimum Gasteiger partial charge on any atom is -0.478 e. The van der Waals surface area contributed by atoms with E-state index in [0.29, 0.717) is 12.2 Å². The molecule has 1 atom stereocenters. The predicted octanol–water partition coefficient (Wildman–Crippen LogP) is 3.04. The van der Waals surface area contributed by atoms with Crippen molar-refractivity contribution >= 4 is 17.7 Å². The van der Waals surface area contributed by atoms with E-state index in [9.17, 15) is 9.59 Å². The van der Waals surface area contributed by atoms with Crippen molar-refractivity contribution in [1.82, 2.24) is 4.90 Å². The second kappa shape index (κ2) is 6.78. The van der Waals surface area contributed by atoms with Crippen molar-refractivity contribution in [2.75, 3.05) is 11.9 Å². The minimum absolute atomic E-state index is 0.167. The van der Waals surface area contributed by atoms with Crippen LogP contribution in [-0.4, -0.2) is 34.6 Å². The molecule has 0 aliphatic heterocycles. The van der Waals surface area contributed by atoms with Gasteiger partial charge in [0.05, 0.1) is 5.56 Å². The molecule has 1 rings (SSSR count). The molecule has 0 radical (unpaired) electrons. The van der Waals surface area contributed by atoms with Crippen molar-refractivity contribution in [3.63, 3.8) is 0 Å². The van der Waals surface area contributed by atoms with E-state index < -0.39 is 5.97 Å². The lowest BCUT2D eigenvalue weighted by molar-refractivity contribution is 0.0697. The highest BCUT2D eigenvalue weighted by Gasteiger charge is 2.16. The lowest BCUT2D eigenvalue weighted by Crippen LogP contribution is -2.40. The van der Waals surface area contributed by atoms with Crippen molar-refractivity contribution in [2.24, 2.45) is 0 Å². The summed E-state index contributed by atoms with van der Waals surface area (Å²) in [7, 11) is 0. The van der Waals surface area contributed by atoms with Gasteiger partial charge in [-0.3, -0.25) is 0 Å². The largest absolute Gasteiger partial charge is 0.478 e. The Labute approximate surface area is 113 Å². The van der Waals surface area contributed by atoms with Crippen LogP contribution in [0.5, 0.6) is 0 Å². The van der Waals surface area contributed by atoms with Crippen LogP contribution in [-0.2, 0) is 0 Å². The number of urea groups is 1. The van der Waals surface area contributed by atoms with Gasteiger partial charge in [-0.1, -0.05) is 6.92 Å². The van der Waals surface area contributed by atoms with Gasteiger partial charge in [0.1, 0.15) is 0 Å². The van der Waals surface area contributed by atoms with Gasteiger partial charge in [0, 0.05) is 18.3 Å². The van der Waals surface area contributed by atoms with Gasteiger partial charge in [0.25, 0.3) is 0 Å². The molecule has 2 amide bonds. The number of aromatic carboxylic acids is 1. The van der Waals surface area contributed by atoms with Crippen LogP contribution >= 0.6 is 0 Å². The average molecular weight is 264 g/mol. The molecule has 0 heterocycles. The van der Waals surface area contributed by atoms with Gasteiger partial charge in [-0.15, -0.1) is 0 Å². The summed E-state index contributed by atoms with van der Waals surface area (Å²) in [6, 6.07) is 6.12. The number of carbonyl (C=O) groups is 2. The van der Waals surface area contributed by atoms with E-state index in [2.05, 4.69) is 5.32 Å². The number of benzene rings is 1. The molecule has 1 aromatic carbocycles. The molecule has 0 aliphatic rings. The highest BCUT2D eigenvalue weighted by atomic mass is 16.4. The Kier molecular flexibility index (Phi) is 5.36. The normalized spacial score (nSPS) is 11.7. The molecular formula is C14H20N2O3. The first-order valence-electron chi connectivity index (χ1n) is 6.40. The van der Waals surface area contributed by atoms with Crippen LogP contribution in [0.3, 0.4) is 0 Å². The van der Waals surface area contributed by atoms with Gasteiger partial charge in [-0.2, -0.15) is 0 Å². The number of carbonyl (C=O) groups excluding carboxylic acids is 1. The van der Waals surface area contributed by atoms with Crippen LogP contribution in [0.15, 0.2) is 24.3 Å². The lowest BCUT2D eigenvalue weighted by atomic mass is 10.2. The molecule has 0 saturated carbocycles. The summed E-state index contributed by atoms with van der Waals surface area (Å²) in [5.41, 5.74) is 0.795. The quantitative estimate of drug-likeness (QED) is 0.858. The number of carboxylic acids is 1. The summed E-state index contributed by atoms with van der Waals surface area (Å²) >= 11 is 0. The third kappa shape index (κ3) is 3.98. The van der Waals surface area contributed by atoms with E-state index in [4.69, 9.17) is 5.11 Å². The second-order valence-corrected chi connectivity index (χ2v) is 4.36. The smallest absolute Gasteiger partial charge is 0.335 e. The van der Waals surface area contributed by atoms with Crippen LogP contribution in [0.2, 0.25) is 0 Å². The summed E-state index contributed by atoms with van der Waals surface area (Å²) in [5, 5.41) is 11.6. The van der Waals surface area contributed by atoms with E-state index in [-0.39, 0.29) is 17.6 Å². The van der Waals surface area contributed by atoms with Gasteiger partial charge in [0.2, 0.25) is 0 Å². The number of amides is 2. The number of rotatable bonds is 5. The van der Waals surface area contributed by atoms with Crippen LogP contribution in [0, 0.1) is 0 Å². The lowest BCUT2D eigenvalue weighted by Gasteiger charge is -2.27. The molecule has 5 nitrogen and oxygen atoms in total. The minimum atomic E-state index is -0.979. The number of carboxylic acid groups (broad SMARTS) is 1. The first-order valence-corrected chi connectivity index (χ1v) is 6.40. The summed E-state index contributed by atoms with van der Waals surface area (Å²) < 4.78 is 0. The first-order chi connectivity index (χ1) is 8.99. The monoisotopic (exact) mass is 264 g/mol. The molecule has 104 valence electrons. The Balaban J connectivity index is 2.73. The predicted molar refractivity (Wildman–Crippen MR) is 74.6 cm³/mol. The van der Waals surface area contributed by atoms with Gasteiger partial charge < -0.3 is 15.3 Å². The molecule has 0 saturated heterocycles. The fourth-order valence-electron chi connectivity index (χ4n) is 1.77. The standard InChI is InChI=1S/C14H20N2O3/c1-4-10(3)16(5-2)14(19)15-12-8-6-11(7-9-12)13(17)18/h6-10H,4-5H2,1-3H3,(H,15,19)(H,17,18). The molecule has 0 fully saturated rings. The van der Waals surface area contributed by atoms with Crippen molar-refractivity contribution in [1.29, 1.82) is 0 Å². The van der Waals surface area contributed by atoms with E-state index in [0.717, 1.165) is 6.42 Å². The molecule has 0 aromatic heterocycles. The molecule has 1 aromatic rings. The number of nitrogens with one attached hydrogen (secondary N) is 1. The van der Waals surface area contributed by atoms with Gasteiger partial charge in [-0.25, -0.2) is 9.59 Å². The third-order valence-electron chi connectivity index (χ3n) is 3.11. The summed E-state index contributed by atoms with van der Waals surface area (Å²) in [4.78, 5) is 24.5. The zero-order chi connectivity index (χ0) is 14.4. The Morgan fingerprint density at radius 1 is 1.26 bits per heavy atom. The van der Waals surface area contributed by atoms with Crippen molar-refractivity contribution in [3.05, 3.63) is 29.8 Å². The van der Waals surface area contributed by atoms with Crippen LogP contribution in [0.4, 0.5) is 10.5 Å². The molecule has 5 heteroatoms. The molecule has 1 unspecified atom stereocenters. The Bertz CT molecular complexity index is 443. The van der Waals surface area contributed by atoms with Crippen LogP contribution in [0.25, 0.3) is 0 Å². The number of nitrogens with zero attached hydrogens (tertiary/aromatic N) is 1.